The van der Waals surface area contributed by atoms with Gasteiger partial charge in [-0.05, 0) is 25.0 Å². The van der Waals surface area contributed by atoms with Crippen LogP contribution in [0.4, 0.5) is 0 Å². The molecule has 2 N–H and O–H groups in total. The van der Waals surface area contributed by atoms with Gasteiger partial charge in [0.15, 0.2) is 0 Å². The highest BCUT2D eigenvalue weighted by Gasteiger charge is 2.23. The highest BCUT2D eigenvalue weighted by Crippen LogP contribution is 2.25. The van der Waals surface area contributed by atoms with E-state index in [1.807, 2.05) is 29.0 Å². The lowest BCUT2D eigenvalue weighted by Crippen LogP contribution is -2.26. The summed E-state index contributed by atoms with van der Waals surface area (Å²) in [6.45, 7) is 0.578. The predicted octanol–water partition coefficient (Wildman–Crippen LogP) is 2.46. The largest absolute Gasteiger partial charge is 0.392 e. The van der Waals surface area contributed by atoms with Gasteiger partial charge in [0.25, 0.3) is 0 Å². The molecule has 0 unspecified atom stereocenters. The van der Waals surface area contributed by atoms with Crippen LogP contribution in [0, 0.1) is 0 Å². The van der Waals surface area contributed by atoms with E-state index in [2.05, 4.69) is 5.32 Å². The number of aliphatic hydroxyl groups excluding tert-OH is 1. The molecule has 1 heterocycles. The van der Waals surface area contributed by atoms with Gasteiger partial charge in [-0.2, -0.15) is 0 Å². The molecule has 0 atom stereocenters. The summed E-state index contributed by atoms with van der Waals surface area (Å²) >= 11 is 6.03. The number of carbonyl (C=O) groups is 1. The van der Waals surface area contributed by atoms with Crippen molar-refractivity contribution in [3.05, 3.63) is 35.0 Å². The number of carbonyl (C=O) groups excluding carboxylic acids is 1. The SMILES string of the molecule is O=C(CCn1cc(CO)c2ccc(Cl)cc21)NC1CC1. The molecule has 3 rings (SSSR count). The van der Waals surface area contributed by atoms with Crippen molar-refractivity contribution in [3.8, 4) is 0 Å². The molecule has 0 aliphatic heterocycles. The summed E-state index contributed by atoms with van der Waals surface area (Å²) in [5.41, 5.74) is 1.82. The molecule has 2 aromatic rings. The summed E-state index contributed by atoms with van der Waals surface area (Å²) in [4.78, 5) is 11.7. The third kappa shape index (κ3) is 2.81. The van der Waals surface area contributed by atoms with Crippen LogP contribution in [-0.4, -0.2) is 21.6 Å². The van der Waals surface area contributed by atoms with E-state index in [1.165, 1.54) is 0 Å². The van der Waals surface area contributed by atoms with Gasteiger partial charge in [-0.1, -0.05) is 17.7 Å². The van der Waals surface area contributed by atoms with Crippen molar-refractivity contribution >= 4 is 28.4 Å². The second-order valence-electron chi connectivity index (χ2n) is 5.26. The number of rotatable bonds is 5. The lowest BCUT2D eigenvalue weighted by molar-refractivity contribution is -0.121. The maximum atomic E-state index is 11.7. The average Bonchev–Trinajstić information content (AvgIpc) is 3.17. The van der Waals surface area contributed by atoms with E-state index in [0.717, 1.165) is 29.3 Å². The standard InChI is InChI=1S/C15H17ClN2O2/c16-11-1-4-13-10(9-19)8-18(14(13)7-11)6-5-15(20)17-12-2-3-12/h1,4,7-8,12,19H,2-3,5-6,9H2,(H,17,20). The monoisotopic (exact) mass is 292 g/mol. The number of fused-ring (bicyclic) bond motifs is 1. The van der Waals surface area contributed by atoms with Crippen LogP contribution in [0.5, 0.6) is 0 Å². The number of amides is 1. The van der Waals surface area contributed by atoms with Gasteiger partial charge < -0.3 is 15.0 Å². The van der Waals surface area contributed by atoms with E-state index in [4.69, 9.17) is 11.6 Å². The number of halogens is 1. The Morgan fingerprint density at radius 1 is 1.45 bits per heavy atom. The molecule has 1 saturated carbocycles. The molecule has 106 valence electrons. The first-order valence-electron chi connectivity index (χ1n) is 6.85. The Morgan fingerprint density at radius 3 is 2.95 bits per heavy atom. The van der Waals surface area contributed by atoms with Crippen LogP contribution in [0.25, 0.3) is 10.9 Å². The van der Waals surface area contributed by atoms with Crippen LogP contribution < -0.4 is 5.32 Å². The highest BCUT2D eigenvalue weighted by molar-refractivity contribution is 6.31. The number of hydrogen-bond donors (Lipinski definition) is 2. The Morgan fingerprint density at radius 2 is 2.25 bits per heavy atom. The fourth-order valence-electron chi connectivity index (χ4n) is 2.40. The van der Waals surface area contributed by atoms with Crippen molar-refractivity contribution in [3.63, 3.8) is 0 Å². The third-order valence-electron chi connectivity index (χ3n) is 3.62. The molecule has 0 bridgehead atoms. The summed E-state index contributed by atoms with van der Waals surface area (Å²) in [6, 6.07) is 5.98. The van der Waals surface area contributed by atoms with Gasteiger partial charge in [0, 0.05) is 46.7 Å². The number of benzene rings is 1. The molecule has 1 aromatic heterocycles. The minimum atomic E-state index is -0.0145. The Bertz CT molecular complexity index is 647. The van der Waals surface area contributed by atoms with Crippen LogP contribution in [-0.2, 0) is 17.9 Å². The Hall–Kier alpha value is -1.52. The van der Waals surface area contributed by atoms with Crippen LogP contribution in [0.2, 0.25) is 5.02 Å². The molecular formula is C15H17ClN2O2. The van der Waals surface area contributed by atoms with Gasteiger partial charge >= 0.3 is 0 Å². The topological polar surface area (TPSA) is 54.3 Å². The summed E-state index contributed by atoms with van der Waals surface area (Å²) < 4.78 is 1.99. The molecule has 20 heavy (non-hydrogen) atoms. The Kier molecular flexibility index (Phi) is 3.68. The number of aromatic nitrogens is 1. The molecule has 1 amide bonds. The first kappa shape index (κ1) is 13.5. The van der Waals surface area contributed by atoms with Gasteiger partial charge in [0.05, 0.1) is 6.61 Å². The molecule has 5 heteroatoms. The average molecular weight is 293 g/mol. The molecule has 1 aromatic carbocycles. The van der Waals surface area contributed by atoms with Gasteiger partial charge in [-0.25, -0.2) is 0 Å². The molecule has 0 radical (unpaired) electrons. The molecule has 1 aliphatic rings. The summed E-state index contributed by atoms with van der Waals surface area (Å²) in [7, 11) is 0. The number of aryl methyl sites for hydroxylation is 1. The molecule has 4 nitrogen and oxygen atoms in total. The second-order valence-corrected chi connectivity index (χ2v) is 5.70. The van der Waals surface area contributed by atoms with E-state index in [0.29, 0.717) is 24.0 Å². The quantitative estimate of drug-likeness (QED) is 0.889. The summed E-state index contributed by atoms with van der Waals surface area (Å²) in [5, 5.41) is 14.0. The minimum Gasteiger partial charge on any atom is -0.392 e. The Balaban J connectivity index is 1.79. The van der Waals surface area contributed by atoms with E-state index in [-0.39, 0.29) is 12.5 Å². The number of nitrogens with zero attached hydrogens (tertiary/aromatic N) is 1. The number of aliphatic hydroxyl groups is 1. The zero-order valence-electron chi connectivity index (χ0n) is 11.1. The van der Waals surface area contributed by atoms with E-state index in [1.54, 1.807) is 0 Å². The number of hydrogen-bond acceptors (Lipinski definition) is 2. The van der Waals surface area contributed by atoms with Crippen LogP contribution in [0.1, 0.15) is 24.8 Å². The second kappa shape index (κ2) is 5.46. The fraction of sp³-hybridized carbons (Fsp3) is 0.400. The van der Waals surface area contributed by atoms with Crippen molar-refractivity contribution in [1.82, 2.24) is 9.88 Å². The molecule has 0 saturated heterocycles. The van der Waals surface area contributed by atoms with Gasteiger partial charge in [0.1, 0.15) is 0 Å². The first-order chi connectivity index (χ1) is 9.67. The lowest BCUT2D eigenvalue weighted by atomic mass is 10.2. The Labute approximate surface area is 122 Å². The maximum Gasteiger partial charge on any atom is 0.222 e. The van der Waals surface area contributed by atoms with Crippen LogP contribution in [0.3, 0.4) is 0 Å². The predicted molar refractivity (Wildman–Crippen MR) is 78.7 cm³/mol. The smallest absolute Gasteiger partial charge is 0.222 e. The molecular weight excluding hydrogens is 276 g/mol. The van der Waals surface area contributed by atoms with Gasteiger partial charge in [0.2, 0.25) is 5.91 Å². The first-order valence-corrected chi connectivity index (χ1v) is 7.22. The fourth-order valence-corrected chi connectivity index (χ4v) is 2.57. The molecule has 1 fully saturated rings. The van der Waals surface area contributed by atoms with Crippen molar-refractivity contribution in [1.29, 1.82) is 0 Å². The highest BCUT2D eigenvalue weighted by atomic mass is 35.5. The van der Waals surface area contributed by atoms with Crippen molar-refractivity contribution in [2.75, 3.05) is 0 Å². The maximum absolute atomic E-state index is 11.7. The van der Waals surface area contributed by atoms with E-state index in [9.17, 15) is 9.90 Å². The van der Waals surface area contributed by atoms with Crippen molar-refractivity contribution in [2.24, 2.45) is 0 Å². The normalized spacial score (nSPS) is 14.7. The van der Waals surface area contributed by atoms with Gasteiger partial charge in [-0.3, -0.25) is 4.79 Å². The zero-order valence-corrected chi connectivity index (χ0v) is 11.9. The third-order valence-corrected chi connectivity index (χ3v) is 3.85. The molecule has 0 spiro atoms. The van der Waals surface area contributed by atoms with E-state index < -0.39 is 0 Å². The number of nitrogens with one attached hydrogen (secondary N) is 1. The molecule has 1 aliphatic carbocycles. The minimum absolute atomic E-state index is 0.0145. The van der Waals surface area contributed by atoms with Gasteiger partial charge in [-0.15, -0.1) is 0 Å². The summed E-state index contributed by atoms with van der Waals surface area (Å²) in [6.07, 6.45) is 4.54. The van der Waals surface area contributed by atoms with Crippen molar-refractivity contribution in [2.45, 2.75) is 38.5 Å². The van der Waals surface area contributed by atoms with Crippen LogP contribution >= 0.6 is 11.6 Å². The van der Waals surface area contributed by atoms with Crippen molar-refractivity contribution < 1.29 is 9.90 Å². The lowest BCUT2D eigenvalue weighted by Gasteiger charge is -2.06. The zero-order chi connectivity index (χ0) is 14.1. The van der Waals surface area contributed by atoms with Crippen LogP contribution in [0.15, 0.2) is 24.4 Å². The van der Waals surface area contributed by atoms with E-state index >= 15 is 0 Å². The summed E-state index contributed by atoms with van der Waals surface area (Å²) in [5.74, 6) is 0.0851.